The van der Waals surface area contributed by atoms with E-state index in [0.717, 1.165) is 11.1 Å². The van der Waals surface area contributed by atoms with Gasteiger partial charge in [0.25, 0.3) is 0 Å². The summed E-state index contributed by atoms with van der Waals surface area (Å²) >= 11 is 11.9. The van der Waals surface area contributed by atoms with E-state index in [1.807, 2.05) is 32.0 Å². The van der Waals surface area contributed by atoms with E-state index in [-0.39, 0.29) is 5.78 Å². The summed E-state index contributed by atoms with van der Waals surface area (Å²) in [5.41, 5.74) is 3.25. The van der Waals surface area contributed by atoms with Crippen LogP contribution >= 0.6 is 23.2 Å². The number of hydrogen-bond donors (Lipinski definition) is 0. The summed E-state index contributed by atoms with van der Waals surface area (Å²) < 4.78 is 0. The molecule has 0 atom stereocenters. The zero-order valence-corrected chi connectivity index (χ0v) is 11.6. The Balaban J connectivity index is 2.47. The van der Waals surface area contributed by atoms with Crippen LogP contribution in [0.1, 0.15) is 27.0 Å². The summed E-state index contributed by atoms with van der Waals surface area (Å²) in [4.78, 5) is 12.4. The van der Waals surface area contributed by atoms with Crippen molar-refractivity contribution in [2.75, 3.05) is 0 Å². The van der Waals surface area contributed by atoms with E-state index in [9.17, 15) is 4.79 Å². The van der Waals surface area contributed by atoms with Gasteiger partial charge in [0.1, 0.15) is 0 Å². The zero-order chi connectivity index (χ0) is 13.3. The lowest BCUT2D eigenvalue weighted by Crippen LogP contribution is -2.03. The number of carbonyl (C=O) groups is 1. The van der Waals surface area contributed by atoms with Crippen LogP contribution in [0.2, 0.25) is 10.0 Å². The molecule has 2 aromatic carbocycles. The highest BCUT2D eigenvalue weighted by Crippen LogP contribution is 2.24. The molecular formula is C15H12Cl2O. The van der Waals surface area contributed by atoms with Gasteiger partial charge in [-0.2, -0.15) is 0 Å². The lowest BCUT2D eigenvalue weighted by Gasteiger charge is -2.06. The van der Waals surface area contributed by atoms with Gasteiger partial charge in [0.05, 0.1) is 5.02 Å². The lowest BCUT2D eigenvalue weighted by molar-refractivity contribution is 0.103. The van der Waals surface area contributed by atoms with Crippen molar-refractivity contribution in [2.45, 2.75) is 13.8 Å². The average molecular weight is 279 g/mol. The maximum atomic E-state index is 12.4. The molecule has 0 amide bonds. The first kappa shape index (κ1) is 13.1. The van der Waals surface area contributed by atoms with Crippen LogP contribution < -0.4 is 0 Å². The Morgan fingerprint density at radius 3 is 2.11 bits per heavy atom. The number of aryl methyl sites for hydroxylation is 2. The highest BCUT2D eigenvalue weighted by atomic mass is 35.5. The fourth-order valence-corrected chi connectivity index (χ4v) is 2.43. The normalized spacial score (nSPS) is 10.4. The molecule has 3 heteroatoms. The average Bonchev–Trinajstić information content (AvgIpc) is 2.26. The van der Waals surface area contributed by atoms with Crippen LogP contribution in [0.5, 0.6) is 0 Å². The van der Waals surface area contributed by atoms with E-state index in [4.69, 9.17) is 23.2 Å². The first-order valence-corrected chi connectivity index (χ1v) is 6.31. The highest BCUT2D eigenvalue weighted by Gasteiger charge is 2.13. The Hall–Kier alpha value is -1.31. The van der Waals surface area contributed by atoms with Gasteiger partial charge >= 0.3 is 0 Å². The summed E-state index contributed by atoms with van der Waals surface area (Å²) in [7, 11) is 0. The van der Waals surface area contributed by atoms with Gasteiger partial charge in [-0.1, -0.05) is 40.4 Å². The van der Waals surface area contributed by atoms with E-state index in [0.29, 0.717) is 21.2 Å². The van der Waals surface area contributed by atoms with Crippen LogP contribution in [0.25, 0.3) is 0 Å². The molecule has 0 spiro atoms. The lowest BCUT2D eigenvalue weighted by atomic mass is 9.99. The first-order chi connectivity index (χ1) is 8.47. The van der Waals surface area contributed by atoms with Crippen molar-refractivity contribution in [3.63, 3.8) is 0 Å². The number of hydrogen-bond acceptors (Lipinski definition) is 1. The van der Waals surface area contributed by atoms with Gasteiger partial charge < -0.3 is 0 Å². The zero-order valence-electron chi connectivity index (χ0n) is 10.1. The molecule has 2 aromatic rings. The molecule has 2 rings (SSSR count). The van der Waals surface area contributed by atoms with E-state index >= 15 is 0 Å². The summed E-state index contributed by atoms with van der Waals surface area (Å²) in [6.07, 6.45) is 0. The molecule has 0 bridgehead atoms. The molecular weight excluding hydrogens is 267 g/mol. The molecule has 0 aromatic heterocycles. The quantitative estimate of drug-likeness (QED) is 0.719. The molecule has 0 aliphatic heterocycles. The Labute approximate surface area is 116 Å². The van der Waals surface area contributed by atoms with E-state index < -0.39 is 0 Å². The molecule has 0 heterocycles. The third kappa shape index (κ3) is 2.74. The molecule has 0 aliphatic rings. The van der Waals surface area contributed by atoms with Gasteiger partial charge in [0, 0.05) is 16.1 Å². The molecule has 0 fully saturated rings. The number of halogens is 2. The number of rotatable bonds is 2. The van der Waals surface area contributed by atoms with Crippen molar-refractivity contribution >= 4 is 29.0 Å². The van der Waals surface area contributed by atoms with E-state index in [1.54, 1.807) is 18.2 Å². The fourth-order valence-electron chi connectivity index (χ4n) is 1.93. The standard InChI is InChI=1S/C15H12Cl2O/c1-9-5-10(2)7-11(6-9)15(18)13-4-3-12(16)8-14(13)17/h3-8H,1-2H3. The Kier molecular flexibility index (Phi) is 3.74. The van der Waals surface area contributed by atoms with Crippen LogP contribution in [-0.2, 0) is 0 Å². The van der Waals surface area contributed by atoms with Gasteiger partial charge in [0.15, 0.2) is 5.78 Å². The predicted octanol–water partition coefficient (Wildman–Crippen LogP) is 4.84. The monoisotopic (exact) mass is 278 g/mol. The molecule has 0 saturated carbocycles. The summed E-state index contributed by atoms with van der Waals surface area (Å²) in [6.45, 7) is 3.93. The number of benzene rings is 2. The van der Waals surface area contributed by atoms with Crippen LogP contribution in [-0.4, -0.2) is 5.78 Å². The van der Waals surface area contributed by atoms with Crippen molar-refractivity contribution in [1.82, 2.24) is 0 Å². The molecule has 0 saturated heterocycles. The molecule has 0 N–H and O–H groups in total. The van der Waals surface area contributed by atoms with Crippen LogP contribution in [0.3, 0.4) is 0 Å². The van der Waals surface area contributed by atoms with Crippen molar-refractivity contribution in [3.8, 4) is 0 Å². The maximum Gasteiger partial charge on any atom is 0.194 e. The SMILES string of the molecule is Cc1cc(C)cc(C(=O)c2ccc(Cl)cc2Cl)c1. The van der Waals surface area contributed by atoms with Crippen molar-refractivity contribution in [1.29, 1.82) is 0 Å². The molecule has 92 valence electrons. The second-order valence-electron chi connectivity index (χ2n) is 4.33. The Morgan fingerprint density at radius 2 is 1.56 bits per heavy atom. The molecule has 0 unspecified atom stereocenters. The van der Waals surface area contributed by atoms with Crippen molar-refractivity contribution in [2.24, 2.45) is 0 Å². The first-order valence-electron chi connectivity index (χ1n) is 5.55. The third-order valence-corrected chi connectivity index (χ3v) is 3.21. The summed E-state index contributed by atoms with van der Waals surface area (Å²) in [5.74, 6) is -0.0801. The topological polar surface area (TPSA) is 17.1 Å². The van der Waals surface area contributed by atoms with Gasteiger partial charge in [-0.15, -0.1) is 0 Å². The fraction of sp³-hybridized carbons (Fsp3) is 0.133. The van der Waals surface area contributed by atoms with E-state index in [2.05, 4.69) is 0 Å². The highest BCUT2D eigenvalue weighted by molar-refractivity contribution is 6.37. The Bertz CT molecular complexity index is 598. The van der Waals surface area contributed by atoms with E-state index in [1.165, 1.54) is 0 Å². The minimum atomic E-state index is -0.0801. The molecule has 18 heavy (non-hydrogen) atoms. The minimum absolute atomic E-state index is 0.0801. The Morgan fingerprint density at radius 1 is 0.944 bits per heavy atom. The third-order valence-electron chi connectivity index (χ3n) is 2.66. The second-order valence-corrected chi connectivity index (χ2v) is 5.17. The smallest absolute Gasteiger partial charge is 0.194 e. The number of ketones is 1. The van der Waals surface area contributed by atoms with Crippen LogP contribution in [0, 0.1) is 13.8 Å². The van der Waals surface area contributed by atoms with Crippen LogP contribution in [0.4, 0.5) is 0 Å². The van der Waals surface area contributed by atoms with Crippen molar-refractivity contribution < 1.29 is 4.79 Å². The summed E-state index contributed by atoms with van der Waals surface area (Å²) in [5, 5.41) is 0.906. The molecule has 0 radical (unpaired) electrons. The van der Waals surface area contributed by atoms with Crippen LogP contribution in [0.15, 0.2) is 36.4 Å². The molecule has 0 aliphatic carbocycles. The van der Waals surface area contributed by atoms with Gasteiger partial charge in [-0.25, -0.2) is 0 Å². The molecule has 1 nitrogen and oxygen atoms in total. The van der Waals surface area contributed by atoms with Gasteiger partial charge in [0.2, 0.25) is 0 Å². The maximum absolute atomic E-state index is 12.4. The van der Waals surface area contributed by atoms with Gasteiger partial charge in [-0.05, 0) is 44.2 Å². The van der Waals surface area contributed by atoms with Gasteiger partial charge in [-0.3, -0.25) is 4.79 Å². The minimum Gasteiger partial charge on any atom is -0.289 e. The number of carbonyl (C=O) groups excluding carboxylic acids is 1. The predicted molar refractivity (Wildman–Crippen MR) is 75.8 cm³/mol. The van der Waals surface area contributed by atoms with Crippen molar-refractivity contribution in [3.05, 3.63) is 68.7 Å². The second kappa shape index (κ2) is 5.13. The largest absolute Gasteiger partial charge is 0.289 e. The summed E-state index contributed by atoms with van der Waals surface area (Å²) in [6, 6.07) is 10.7.